The standard InChI is InChI=1S/C15H19N3O/c1-4-14-13(10-16-18(14)3)15(19)17-11(2)12-8-6-5-7-9-12/h5-11H,4H2,1-3H3,(H,17,19)/t11-/m1/s1. The molecule has 0 aliphatic carbocycles. The molecule has 0 saturated heterocycles. The van der Waals surface area contributed by atoms with E-state index in [1.165, 1.54) is 0 Å². The first-order chi connectivity index (χ1) is 9.13. The number of carbonyl (C=O) groups excluding carboxylic acids is 1. The number of rotatable bonds is 4. The highest BCUT2D eigenvalue weighted by molar-refractivity contribution is 5.95. The molecule has 1 amide bonds. The van der Waals surface area contributed by atoms with Gasteiger partial charge < -0.3 is 5.32 Å². The lowest BCUT2D eigenvalue weighted by atomic mass is 10.1. The molecule has 0 bridgehead atoms. The van der Waals surface area contributed by atoms with E-state index in [1.807, 2.05) is 51.2 Å². The third kappa shape index (κ3) is 2.84. The maximum atomic E-state index is 12.3. The predicted molar refractivity (Wildman–Crippen MR) is 74.9 cm³/mol. The van der Waals surface area contributed by atoms with E-state index in [2.05, 4.69) is 10.4 Å². The number of aromatic nitrogens is 2. The van der Waals surface area contributed by atoms with Gasteiger partial charge in [-0.15, -0.1) is 0 Å². The van der Waals surface area contributed by atoms with Crippen molar-refractivity contribution in [1.82, 2.24) is 15.1 Å². The second-order valence-electron chi connectivity index (χ2n) is 4.59. The number of carbonyl (C=O) groups is 1. The van der Waals surface area contributed by atoms with Gasteiger partial charge in [0, 0.05) is 7.05 Å². The second kappa shape index (κ2) is 5.69. The number of amides is 1. The summed E-state index contributed by atoms with van der Waals surface area (Å²) in [4.78, 5) is 12.3. The Morgan fingerprint density at radius 2 is 2.05 bits per heavy atom. The summed E-state index contributed by atoms with van der Waals surface area (Å²) in [5.41, 5.74) is 2.71. The molecule has 4 nitrogen and oxygen atoms in total. The fourth-order valence-electron chi connectivity index (χ4n) is 2.17. The van der Waals surface area contributed by atoms with Gasteiger partial charge in [-0.05, 0) is 18.9 Å². The lowest BCUT2D eigenvalue weighted by Crippen LogP contribution is -2.27. The SMILES string of the molecule is CCc1c(C(=O)N[C@H](C)c2ccccc2)cnn1C. The summed E-state index contributed by atoms with van der Waals surface area (Å²) in [7, 11) is 1.86. The first kappa shape index (κ1) is 13.3. The van der Waals surface area contributed by atoms with Crippen LogP contribution in [-0.2, 0) is 13.5 Å². The molecule has 0 spiro atoms. The third-order valence-electron chi connectivity index (χ3n) is 3.29. The van der Waals surface area contributed by atoms with Crippen molar-refractivity contribution in [3.63, 3.8) is 0 Å². The van der Waals surface area contributed by atoms with Crippen LogP contribution in [0.1, 0.15) is 41.5 Å². The molecule has 4 heteroatoms. The van der Waals surface area contributed by atoms with Crippen LogP contribution in [0.3, 0.4) is 0 Å². The quantitative estimate of drug-likeness (QED) is 0.914. The van der Waals surface area contributed by atoms with Crippen molar-refractivity contribution >= 4 is 5.91 Å². The first-order valence-corrected chi connectivity index (χ1v) is 6.50. The molecule has 100 valence electrons. The molecule has 1 N–H and O–H groups in total. The van der Waals surface area contributed by atoms with Gasteiger partial charge in [0.2, 0.25) is 0 Å². The highest BCUT2D eigenvalue weighted by atomic mass is 16.1. The summed E-state index contributed by atoms with van der Waals surface area (Å²) in [6.07, 6.45) is 2.42. The van der Waals surface area contributed by atoms with E-state index < -0.39 is 0 Å². The second-order valence-corrected chi connectivity index (χ2v) is 4.59. The smallest absolute Gasteiger partial charge is 0.255 e. The summed E-state index contributed by atoms with van der Waals surface area (Å²) in [5, 5.41) is 7.15. The molecule has 0 saturated carbocycles. The first-order valence-electron chi connectivity index (χ1n) is 6.50. The lowest BCUT2D eigenvalue weighted by molar-refractivity contribution is 0.0939. The molecule has 2 aromatic rings. The molecular formula is C15H19N3O. The molecule has 19 heavy (non-hydrogen) atoms. The van der Waals surface area contributed by atoms with E-state index in [1.54, 1.807) is 10.9 Å². The molecule has 1 aromatic carbocycles. The maximum absolute atomic E-state index is 12.3. The van der Waals surface area contributed by atoms with Crippen molar-refractivity contribution in [2.45, 2.75) is 26.3 Å². The summed E-state index contributed by atoms with van der Waals surface area (Å²) in [5.74, 6) is -0.0682. The Balaban J connectivity index is 2.13. The molecule has 0 aliphatic heterocycles. The van der Waals surface area contributed by atoms with Crippen molar-refractivity contribution in [3.8, 4) is 0 Å². The normalized spacial score (nSPS) is 12.2. The molecule has 0 unspecified atom stereocenters. The van der Waals surface area contributed by atoms with Crippen LogP contribution < -0.4 is 5.32 Å². The van der Waals surface area contributed by atoms with Gasteiger partial charge >= 0.3 is 0 Å². The van der Waals surface area contributed by atoms with Crippen molar-refractivity contribution in [2.24, 2.45) is 7.05 Å². The minimum atomic E-state index is -0.0682. The van der Waals surface area contributed by atoms with Gasteiger partial charge in [0.1, 0.15) is 0 Å². The fraction of sp³-hybridized carbons (Fsp3) is 0.333. The largest absolute Gasteiger partial charge is 0.345 e. The fourth-order valence-corrected chi connectivity index (χ4v) is 2.17. The van der Waals surface area contributed by atoms with Crippen LogP contribution in [0.15, 0.2) is 36.5 Å². The van der Waals surface area contributed by atoms with Crippen LogP contribution in [0.5, 0.6) is 0 Å². The predicted octanol–water partition coefficient (Wildman–Crippen LogP) is 2.47. The highest BCUT2D eigenvalue weighted by Gasteiger charge is 2.16. The Morgan fingerprint density at radius 3 is 2.68 bits per heavy atom. The van der Waals surface area contributed by atoms with Gasteiger partial charge in [-0.3, -0.25) is 9.48 Å². The zero-order chi connectivity index (χ0) is 13.8. The summed E-state index contributed by atoms with van der Waals surface area (Å²) >= 11 is 0. The molecule has 1 heterocycles. The molecule has 0 radical (unpaired) electrons. The molecule has 0 aliphatic rings. The molecule has 1 atom stereocenters. The van der Waals surface area contributed by atoms with Crippen molar-refractivity contribution in [2.75, 3.05) is 0 Å². The van der Waals surface area contributed by atoms with Crippen LogP contribution in [0.25, 0.3) is 0 Å². The monoisotopic (exact) mass is 257 g/mol. The van der Waals surface area contributed by atoms with Gasteiger partial charge in [0.05, 0.1) is 23.5 Å². The Kier molecular flexibility index (Phi) is 4.00. The van der Waals surface area contributed by atoms with Crippen LogP contribution in [0, 0.1) is 0 Å². The number of benzene rings is 1. The van der Waals surface area contributed by atoms with Crippen molar-refractivity contribution < 1.29 is 4.79 Å². The number of hydrogen-bond donors (Lipinski definition) is 1. The van der Waals surface area contributed by atoms with E-state index in [4.69, 9.17) is 0 Å². The average molecular weight is 257 g/mol. The highest BCUT2D eigenvalue weighted by Crippen LogP contribution is 2.14. The van der Waals surface area contributed by atoms with Gasteiger partial charge in [-0.25, -0.2) is 0 Å². The van der Waals surface area contributed by atoms with Crippen LogP contribution >= 0.6 is 0 Å². The van der Waals surface area contributed by atoms with Crippen molar-refractivity contribution in [1.29, 1.82) is 0 Å². The third-order valence-corrected chi connectivity index (χ3v) is 3.29. The van der Waals surface area contributed by atoms with Crippen LogP contribution in [-0.4, -0.2) is 15.7 Å². The van der Waals surface area contributed by atoms with E-state index >= 15 is 0 Å². The van der Waals surface area contributed by atoms with Gasteiger partial charge in [-0.2, -0.15) is 5.10 Å². The molecule has 2 rings (SSSR count). The maximum Gasteiger partial charge on any atom is 0.255 e. The number of aryl methyl sites for hydroxylation is 1. The van der Waals surface area contributed by atoms with E-state index in [-0.39, 0.29) is 11.9 Å². The molecule has 1 aromatic heterocycles. The Bertz CT molecular complexity index is 560. The number of nitrogens with zero attached hydrogens (tertiary/aromatic N) is 2. The summed E-state index contributed by atoms with van der Waals surface area (Å²) < 4.78 is 1.75. The average Bonchev–Trinajstić information content (AvgIpc) is 2.80. The Labute approximate surface area is 113 Å². The summed E-state index contributed by atoms with van der Waals surface area (Å²) in [6, 6.07) is 9.91. The topological polar surface area (TPSA) is 46.9 Å². The van der Waals surface area contributed by atoms with Crippen LogP contribution in [0.2, 0.25) is 0 Å². The zero-order valence-corrected chi connectivity index (χ0v) is 11.6. The lowest BCUT2D eigenvalue weighted by Gasteiger charge is -2.14. The number of nitrogens with one attached hydrogen (secondary N) is 1. The van der Waals surface area contributed by atoms with Gasteiger partial charge in [-0.1, -0.05) is 37.3 Å². The van der Waals surface area contributed by atoms with E-state index in [9.17, 15) is 4.79 Å². The zero-order valence-electron chi connectivity index (χ0n) is 11.6. The van der Waals surface area contributed by atoms with Gasteiger partial charge in [0.25, 0.3) is 5.91 Å². The van der Waals surface area contributed by atoms with Crippen LogP contribution in [0.4, 0.5) is 0 Å². The van der Waals surface area contributed by atoms with E-state index in [0.29, 0.717) is 5.56 Å². The molecule has 0 fully saturated rings. The number of hydrogen-bond acceptors (Lipinski definition) is 2. The van der Waals surface area contributed by atoms with Gasteiger partial charge in [0.15, 0.2) is 0 Å². The summed E-state index contributed by atoms with van der Waals surface area (Å²) in [6.45, 7) is 4.00. The minimum Gasteiger partial charge on any atom is -0.345 e. The Hall–Kier alpha value is -2.10. The van der Waals surface area contributed by atoms with Crippen molar-refractivity contribution in [3.05, 3.63) is 53.3 Å². The minimum absolute atomic E-state index is 0.0152. The Morgan fingerprint density at radius 1 is 1.37 bits per heavy atom. The van der Waals surface area contributed by atoms with E-state index in [0.717, 1.165) is 17.7 Å². The molecular weight excluding hydrogens is 238 g/mol.